The van der Waals surface area contributed by atoms with E-state index < -0.39 is 11.2 Å². The van der Waals surface area contributed by atoms with Crippen LogP contribution in [0.1, 0.15) is 47.1 Å². The Bertz CT molecular complexity index is 1130. The van der Waals surface area contributed by atoms with Gasteiger partial charge in [-0.2, -0.15) is 0 Å². The predicted molar refractivity (Wildman–Crippen MR) is 110 cm³/mol. The van der Waals surface area contributed by atoms with Crippen LogP contribution in [0.2, 0.25) is 0 Å². The van der Waals surface area contributed by atoms with Gasteiger partial charge in [0.1, 0.15) is 11.3 Å². The normalized spacial score (nSPS) is 13.6. The van der Waals surface area contributed by atoms with Gasteiger partial charge in [0.2, 0.25) is 5.91 Å². The molecule has 9 nitrogen and oxygen atoms in total. The molecule has 3 aromatic rings. The molecule has 0 unspecified atom stereocenters. The Labute approximate surface area is 170 Å². The lowest BCUT2D eigenvalue weighted by atomic mass is 10.0. The standard InChI is InChI=1S/C19H24N6O3S/c1-25-17-16(18(27)24-19(25)28)22-13(23-17)8-9-14(26)20-10-4-7-15-21-11-5-2-3-6-12(11)29-15/h2-10H2,1H3,(H,20,26)(H,22,23)(H,24,27,28). The Morgan fingerprint density at radius 3 is 2.83 bits per heavy atom. The van der Waals surface area contributed by atoms with Gasteiger partial charge in [-0.1, -0.05) is 0 Å². The molecule has 0 aliphatic heterocycles. The number of rotatable bonds is 7. The molecule has 0 saturated heterocycles. The van der Waals surface area contributed by atoms with Gasteiger partial charge in [-0.05, 0) is 32.1 Å². The minimum atomic E-state index is -0.514. The van der Waals surface area contributed by atoms with Crippen LogP contribution in [0.4, 0.5) is 0 Å². The van der Waals surface area contributed by atoms with Gasteiger partial charge in [0.15, 0.2) is 5.65 Å². The van der Waals surface area contributed by atoms with Crippen LogP contribution in [0.5, 0.6) is 0 Å². The van der Waals surface area contributed by atoms with Crippen LogP contribution < -0.4 is 16.6 Å². The molecule has 0 radical (unpaired) electrons. The fraction of sp³-hybridized carbons (Fsp3) is 0.526. The number of thiazole rings is 1. The highest BCUT2D eigenvalue weighted by Gasteiger charge is 2.15. The maximum atomic E-state index is 12.1. The number of aryl methyl sites for hydroxylation is 5. The van der Waals surface area contributed by atoms with Gasteiger partial charge in [-0.15, -0.1) is 11.3 Å². The van der Waals surface area contributed by atoms with Crippen molar-refractivity contribution in [3.05, 3.63) is 42.2 Å². The third-order valence-electron chi connectivity index (χ3n) is 5.17. The number of H-pyrrole nitrogens is 2. The van der Waals surface area contributed by atoms with E-state index in [1.807, 2.05) is 11.3 Å². The van der Waals surface area contributed by atoms with Crippen molar-refractivity contribution in [2.75, 3.05) is 6.54 Å². The Balaban J connectivity index is 1.24. The molecule has 3 heterocycles. The third kappa shape index (κ3) is 4.31. The number of carbonyl (C=O) groups excluding carboxylic acids is 1. The van der Waals surface area contributed by atoms with Crippen molar-refractivity contribution in [2.24, 2.45) is 7.05 Å². The van der Waals surface area contributed by atoms with E-state index in [0.717, 1.165) is 25.7 Å². The second-order valence-electron chi connectivity index (χ2n) is 7.34. The highest BCUT2D eigenvalue weighted by molar-refractivity contribution is 7.11. The Kier molecular flexibility index (Phi) is 5.61. The van der Waals surface area contributed by atoms with Crippen molar-refractivity contribution >= 4 is 28.4 Å². The molecular formula is C19H24N6O3S. The molecule has 0 atom stereocenters. The molecule has 29 heavy (non-hydrogen) atoms. The summed E-state index contributed by atoms with van der Waals surface area (Å²) in [6.45, 7) is 0.609. The molecule has 1 amide bonds. The number of hydrogen-bond acceptors (Lipinski definition) is 6. The first-order valence-corrected chi connectivity index (χ1v) is 10.7. The maximum absolute atomic E-state index is 12.1. The van der Waals surface area contributed by atoms with E-state index >= 15 is 0 Å². The van der Waals surface area contributed by atoms with E-state index in [4.69, 9.17) is 4.98 Å². The fourth-order valence-electron chi connectivity index (χ4n) is 3.57. The zero-order chi connectivity index (χ0) is 20.4. The molecule has 154 valence electrons. The maximum Gasteiger partial charge on any atom is 0.329 e. The van der Waals surface area contributed by atoms with Gasteiger partial charge in [0.25, 0.3) is 5.56 Å². The van der Waals surface area contributed by atoms with Crippen LogP contribution >= 0.6 is 11.3 Å². The van der Waals surface area contributed by atoms with Crippen LogP contribution in [-0.4, -0.2) is 37.0 Å². The van der Waals surface area contributed by atoms with Crippen molar-refractivity contribution in [1.82, 2.24) is 29.8 Å². The van der Waals surface area contributed by atoms with E-state index in [9.17, 15) is 14.4 Å². The largest absolute Gasteiger partial charge is 0.356 e. The first kappa shape index (κ1) is 19.6. The summed E-state index contributed by atoms with van der Waals surface area (Å²) in [4.78, 5) is 51.1. The van der Waals surface area contributed by atoms with Gasteiger partial charge in [0, 0.05) is 37.7 Å². The van der Waals surface area contributed by atoms with E-state index in [-0.39, 0.29) is 17.8 Å². The Morgan fingerprint density at radius 2 is 2.00 bits per heavy atom. The molecule has 0 fully saturated rings. The van der Waals surface area contributed by atoms with Crippen molar-refractivity contribution in [3.63, 3.8) is 0 Å². The number of fused-ring (bicyclic) bond motifs is 2. The van der Waals surface area contributed by atoms with E-state index in [1.54, 1.807) is 0 Å². The van der Waals surface area contributed by atoms with Gasteiger partial charge in [-0.3, -0.25) is 19.1 Å². The lowest BCUT2D eigenvalue weighted by Crippen LogP contribution is -2.28. The molecule has 10 heteroatoms. The van der Waals surface area contributed by atoms with Gasteiger partial charge < -0.3 is 10.3 Å². The molecule has 4 rings (SSSR count). The lowest BCUT2D eigenvalue weighted by molar-refractivity contribution is -0.121. The zero-order valence-corrected chi connectivity index (χ0v) is 17.2. The minimum Gasteiger partial charge on any atom is -0.356 e. The van der Waals surface area contributed by atoms with Gasteiger partial charge in [0.05, 0.1) is 10.7 Å². The first-order valence-electron chi connectivity index (χ1n) is 9.93. The van der Waals surface area contributed by atoms with Crippen LogP contribution in [-0.2, 0) is 37.5 Å². The zero-order valence-electron chi connectivity index (χ0n) is 16.3. The summed E-state index contributed by atoms with van der Waals surface area (Å²) >= 11 is 1.82. The number of imidazole rings is 1. The topological polar surface area (TPSA) is 126 Å². The third-order valence-corrected chi connectivity index (χ3v) is 6.39. The summed E-state index contributed by atoms with van der Waals surface area (Å²) < 4.78 is 1.27. The van der Waals surface area contributed by atoms with Crippen LogP contribution in [0.25, 0.3) is 11.2 Å². The summed E-state index contributed by atoms with van der Waals surface area (Å²) in [6.07, 6.45) is 7.14. The fourth-order valence-corrected chi connectivity index (χ4v) is 4.77. The van der Waals surface area contributed by atoms with Crippen molar-refractivity contribution in [1.29, 1.82) is 0 Å². The first-order chi connectivity index (χ1) is 14.0. The van der Waals surface area contributed by atoms with Crippen molar-refractivity contribution < 1.29 is 4.79 Å². The average molecular weight is 417 g/mol. The molecule has 0 saturated carbocycles. The second kappa shape index (κ2) is 8.32. The summed E-state index contributed by atoms with van der Waals surface area (Å²) in [5, 5.41) is 4.09. The summed E-state index contributed by atoms with van der Waals surface area (Å²) in [7, 11) is 1.54. The lowest BCUT2D eigenvalue weighted by Gasteiger charge is -2.06. The SMILES string of the molecule is Cn1c(=O)[nH]c(=O)c2[nH]c(CCC(=O)NCCCc3nc4c(s3)CCCC4)nc21. The van der Waals surface area contributed by atoms with Gasteiger partial charge in [-0.25, -0.2) is 14.8 Å². The molecule has 0 aromatic carbocycles. The molecule has 3 N–H and O–H groups in total. The smallest absolute Gasteiger partial charge is 0.329 e. The number of nitrogens with zero attached hydrogens (tertiary/aromatic N) is 3. The number of carbonyl (C=O) groups is 1. The number of aromatic amines is 2. The molecule has 0 bridgehead atoms. The number of nitrogens with one attached hydrogen (secondary N) is 3. The van der Waals surface area contributed by atoms with E-state index in [2.05, 4.69) is 20.3 Å². The summed E-state index contributed by atoms with van der Waals surface area (Å²) in [5.74, 6) is 0.446. The molecule has 1 aliphatic rings. The molecule has 0 spiro atoms. The van der Waals surface area contributed by atoms with E-state index in [0.29, 0.717) is 24.4 Å². The average Bonchev–Trinajstić information content (AvgIpc) is 3.32. The molecular weight excluding hydrogens is 392 g/mol. The number of hydrogen-bond donors (Lipinski definition) is 3. The summed E-state index contributed by atoms with van der Waals surface area (Å²) in [5.41, 5.74) is 0.797. The highest BCUT2D eigenvalue weighted by atomic mass is 32.1. The monoisotopic (exact) mass is 416 g/mol. The van der Waals surface area contributed by atoms with Crippen molar-refractivity contribution in [3.8, 4) is 0 Å². The van der Waals surface area contributed by atoms with Gasteiger partial charge >= 0.3 is 5.69 Å². The minimum absolute atomic E-state index is 0.0633. The quantitative estimate of drug-likeness (QED) is 0.495. The van der Waals surface area contributed by atoms with Crippen LogP contribution in [0.3, 0.4) is 0 Å². The number of amides is 1. The predicted octanol–water partition coefficient (Wildman–Crippen LogP) is 0.967. The van der Waals surface area contributed by atoms with E-state index in [1.165, 1.54) is 40.0 Å². The highest BCUT2D eigenvalue weighted by Crippen LogP contribution is 2.27. The number of aromatic nitrogens is 5. The Hall–Kier alpha value is -2.75. The summed E-state index contributed by atoms with van der Waals surface area (Å²) in [6, 6.07) is 0. The molecule has 3 aromatic heterocycles. The van der Waals surface area contributed by atoms with Crippen LogP contribution in [0.15, 0.2) is 9.59 Å². The second-order valence-corrected chi connectivity index (χ2v) is 8.51. The molecule has 1 aliphatic carbocycles. The Morgan fingerprint density at radius 1 is 1.17 bits per heavy atom. The van der Waals surface area contributed by atoms with Crippen molar-refractivity contribution in [2.45, 2.75) is 51.4 Å². The van der Waals surface area contributed by atoms with Crippen LogP contribution in [0, 0.1) is 0 Å².